The Morgan fingerprint density at radius 3 is 2.71 bits per heavy atom. The molecule has 0 spiro atoms. The summed E-state index contributed by atoms with van der Waals surface area (Å²) in [6, 6.07) is 10.5. The highest BCUT2D eigenvalue weighted by Gasteiger charge is 2.42. The Balaban J connectivity index is 1.40. The van der Waals surface area contributed by atoms with E-state index in [-0.39, 0.29) is 30.1 Å². The van der Waals surface area contributed by atoms with Gasteiger partial charge in [0.05, 0.1) is 26.5 Å². The molecule has 4 unspecified atom stereocenters. The van der Waals surface area contributed by atoms with E-state index in [4.69, 9.17) is 14.2 Å². The number of rotatable bonds is 6. The molecule has 9 nitrogen and oxygen atoms in total. The molecule has 4 atom stereocenters. The largest absolute Gasteiger partial charge is 0.508 e. The number of aromatic hydroxyl groups is 2. The number of hydrogen-bond acceptors (Lipinski definition) is 9. The molecule has 0 fully saturated rings. The van der Waals surface area contributed by atoms with Gasteiger partial charge in [0.2, 0.25) is 0 Å². The van der Waals surface area contributed by atoms with Crippen LogP contribution in [0, 0.1) is 0 Å². The van der Waals surface area contributed by atoms with Gasteiger partial charge in [-0.15, -0.1) is 0 Å². The molecule has 3 aliphatic heterocycles. The monoisotopic (exact) mass is 572 g/mol. The molecule has 0 bridgehead atoms. The molecular weight excluding hydrogens is 536 g/mol. The van der Waals surface area contributed by atoms with Gasteiger partial charge >= 0.3 is 0 Å². The van der Waals surface area contributed by atoms with Crippen molar-refractivity contribution in [2.75, 3.05) is 26.9 Å². The SMILES string of the molecule is COc1cc(C2Oc3c4c(c5c(c3CC2O)C(CCN2C=CNC2)Cc2cc(O)ccc2-5)OC(CO)CC4)ccc1O. The smallest absolute Gasteiger partial charge is 0.160 e. The molecule has 3 aromatic rings. The Labute approximate surface area is 244 Å². The van der Waals surface area contributed by atoms with Gasteiger partial charge in [-0.05, 0) is 78.1 Å². The van der Waals surface area contributed by atoms with E-state index in [1.807, 2.05) is 18.3 Å². The second-order valence-corrected chi connectivity index (χ2v) is 11.6. The van der Waals surface area contributed by atoms with Gasteiger partial charge in [-0.1, -0.05) is 12.1 Å². The van der Waals surface area contributed by atoms with Crippen molar-refractivity contribution in [3.05, 3.63) is 76.6 Å². The van der Waals surface area contributed by atoms with Crippen LogP contribution in [0.2, 0.25) is 0 Å². The van der Waals surface area contributed by atoms with Gasteiger partial charge in [0.25, 0.3) is 0 Å². The van der Waals surface area contributed by atoms with Crippen LogP contribution in [0.5, 0.6) is 28.7 Å². The van der Waals surface area contributed by atoms with Gasteiger partial charge in [0.15, 0.2) is 11.5 Å². The van der Waals surface area contributed by atoms with Gasteiger partial charge in [-0.2, -0.15) is 0 Å². The number of ether oxygens (including phenoxy) is 3. The highest BCUT2D eigenvalue weighted by atomic mass is 16.5. The fourth-order valence-electron chi connectivity index (χ4n) is 7.06. The number of nitrogens with one attached hydrogen (secondary N) is 1. The van der Waals surface area contributed by atoms with Crippen LogP contribution in [0.4, 0.5) is 0 Å². The molecule has 0 saturated carbocycles. The number of benzene rings is 3. The van der Waals surface area contributed by atoms with E-state index in [1.54, 1.807) is 24.3 Å². The van der Waals surface area contributed by atoms with Crippen molar-refractivity contribution >= 4 is 0 Å². The molecule has 3 aromatic carbocycles. The molecule has 0 aromatic heterocycles. The van der Waals surface area contributed by atoms with E-state index in [0.717, 1.165) is 70.9 Å². The molecule has 1 aliphatic carbocycles. The summed E-state index contributed by atoms with van der Waals surface area (Å²) >= 11 is 0. The maximum absolute atomic E-state index is 11.6. The first kappa shape index (κ1) is 26.8. The minimum absolute atomic E-state index is 0.0254. The lowest BCUT2D eigenvalue weighted by molar-refractivity contribution is 0.0179. The average Bonchev–Trinajstić information content (AvgIpc) is 3.53. The third-order valence-electron chi connectivity index (χ3n) is 9.08. The molecule has 5 N–H and O–H groups in total. The molecule has 3 heterocycles. The predicted molar refractivity (Wildman–Crippen MR) is 156 cm³/mol. The first-order valence-electron chi connectivity index (χ1n) is 14.6. The summed E-state index contributed by atoms with van der Waals surface area (Å²) < 4.78 is 18.6. The molecule has 0 radical (unpaired) electrons. The number of methoxy groups -OCH3 is 1. The Morgan fingerprint density at radius 2 is 1.93 bits per heavy atom. The minimum Gasteiger partial charge on any atom is -0.508 e. The van der Waals surface area contributed by atoms with Crippen LogP contribution < -0.4 is 19.5 Å². The van der Waals surface area contributed by atoms with Crippen LogP contribution in [-0.2, 0) is 19.3 Å². The summed E-state index contributed by atoms with van der Waals surface area (Å²) in [6.45, 7) is 1.52. The van der Waals surface area contributed by atoms with Crippen LogP contribution in [0.1, 0.15) is 52.7 Å². The molecule has 0 saturated heterocycles. The van der Waals surface area contributed by atoms with Crippen molar-refractivity contribution in [2.45, 2.75) is 56.3 Å². The summed E-state index contributed by atoms with van der Waals surface area (Å²) in [6.07, 6.45) is 5.52. The topological polar surface area (TPSA) is 124 Å². The third kappa shape index (κ3) is 4.48. The zero-order valence-corrected chi connectivity index (χ0v) is 23.5. The molecule has 42 heavy (non-hydrogen) atoms. The van der Waals surface area contributed by atoms with Gasteiger partial charge in [0.1, 0.15) is 29.5 Å². The van der Waals surface area contributed by atoms with Gasteiger partial charge in [-0.3, -0.25) is 0 Å². The highest BCUT2D eigenvalue weighted by Crippen LogP contribution is 2.56. The van der Waals surface area contributed by atoms with E-state index in [0.29, 0.717) is 30.6 Å². The van der Waals surface area contributed by atoms with Crippen LogP contribution >= 0.6 is 0 Å². The lowest BCUT2D eigenvalue weighted by atomic mass is 9.71. The number of aliphatic hydroxyl groups excluding tert-OH is 2. The Morgan fingerprint density at radius 1 is 1.05 bits per heavy atom. The summed E-state index contributed by atoms with van der Waals surface area (Å²) in [5, 5.41) is 45.4. The number of nitrogens with zero attached hydrogens (tertiary/aromatic N) is 1. The highest BCUT2D eigenvalue weighted by molar-refractivity contribution is 5.85. The van der Waals surface area contributed by atoms with Crippen molar-refractivity contribution in [3.8, 4) is 39.9 Å². The van der Waals surface area contributed by atoms with E-state index in [1.165, 1.54) is 7.11 Å². The van der Waals surface area contributed by atoms with Crippen LogP contribution in [-0.4, -0.2) is 64.5 Å². The molecule has 9 heteroatoms. The second kappa shape index (κ2) is 10.6. The summed E-state index contributed by atoms with van der Waals surface area (Å²) in [7, 11) is 1.50. The fraction of sp³-hybridized carbons (Fsp3) is 0.394. The molecule has 220 valence electrons. The number of phenolic OH excluding ortho intramolecular Hbond substituents is 2. The number of aliphatic hydroxyl groups is 2. The fourth-order valence-corrected chi connectivity index (χ4v) is 7.06. The lowest BCUT2D eigenvalue weighted by Gasteiger charge is -2.41. The maximum atomic E-state index is 11.6. The van der Waals surface area contributed by atoms with Crippen molar-refractivity contribution in [3.63, 3.8) is 0 Å². The molecular formula is C33H36N2O7. The van der Waals surface area contributed by atoms with Crippen LogP contribution in [0.25, 0.3) is 11.1 Å². The zero-order chi connectivity index (χ0) is 29.0. The third-order valence-corrected chi connectivity index (χ3v) is 9.08. The molecule has 0 amide bonds. The first-order valence-corrected chi connectivity index (χ1v) is 14.6. The lowest BCUT2D eigenvalue weighted by Crippen LogP contribution is -2.35. The Bertz CT molecular complexity index is 1550. The second-order valence-electron chi connectivity index (χ2n) is 11.6. The van der Waals surface area contributed by atoms with E-state index in [2.05, 4.69) is 16.4 Å². The Hall–Kier alpha value is -4.08. The van der Waals surface area contributed by atoms with Crippen LogP contribution in [0.15, 0.2) is 48.8 Å². The number of fused-ring (bicyclic) bond motifs is 8. The number of hydrogen-bond donors (Lipinski definition) is 5. The van der Waals surface area contributed by atoms with Gasteiger partial charge < -0.3 is 44.9 Å². The predicted octanol–water partition coefficient (Wildman–Crippen LogP) is 3.86. The van der Waals surface area contributed by atoms with E-state index < -0.39 is 12.2 Å². The molecule has 4 aliphatic rings. The van der Waals surface area contributed by atoms with Crippen LogP contribution in [0.3, 0.4) is 0 Å². The quantitative estimate of drug-likeness (QED) is 0.300. The summed E-state index contributed by atoms with van der Waals surface area (Å²) in [5.41, 5.74) is 6.85. The summed E-state index contributed by atoms with van der Waals surface area (Å²) in [4.78, 5) is 2.24. The Kier molecular flexibility index (Phi) is 6.79. The standard InChI is InChI=1S/C33H36N2O7/c1-40-28-14-19(2-7-26(28)38)31-27(39)15-25-29-18(8-10-35-11-9-34-17-35)12-20-13-21(37)3-5-23(20)30(29)33-24(32(25)42-31)6-4-22(16-36)41-33/h2-3,5,7,9,11,13-14,18,22,27,31,34,36-39H,4,6,8,10,12,15-17H2,1H3. The van der Waals surface area contributed by atoms with E-state index >= 15 is 0 Å². The first-order chi connectivity index (χ1) is 20.4. The van der Waals surface area contributed by atoms with Gasteiger partial charge in [-0.25, -0.2) is 0 Å². The van der Waals surface area contributed by atoms with Crippen molar-refractivity contribution < 1.29 is 34.6 Å². The molecule has 7 rings (SSSR count). The average molecular weight is 573 g/mol. The van der Waals surface area contributed by atoms with Gasteiger partial charge in [0, 0.05) is 42.1 Å². The zero-order valence-electron chi connectivity index (χ0n) is 23.5. The minimum atomic E-state index is -0.823. The maximum Gasteiger partial charge on any atom is 0.160 e. The summed E-state index contributed by atoms with van der Waals surface area (Å²) in [5.74, 6) is 2.15. The number of phenols is 2. The van der Waals surface area contributed by atoms with Crippen molar-refractivity contribution in [1.82, 2.24) is 10.2 Å². The van der Waals surface area contributed by atoms with Crippen molar-refractivity contribution in [1.29, 1.82) is 0 Å². The van der Waals surface area contributed by atoms with Crippen molar-refractivity contribution in [2.24, 2.45) is 0 Å². The normalized spacial score (nSPS) is 23.5. The van der Waals surface area contributed by atoms with E-state index in [9.17, 15) is 20.4 Å².